The summed E-state index contributed by atoms with van der Waals surface area (Å²) in [6, 6.07) is 0. The topological polar surface area (TPSA) is 12.9 Å². The molecule has 0 aromatic carbocycles. The molecule has 0 radical (unpaired) electrons. The molecule has 0 saturated heterocycles. The van der Waals surface area contributed by atoms with Crippen LogP contribution in [-0.4, -0.2) is 4.98 Å². The van der Waals surface area contributed by atoms with Crippen molar-refractivity contribution in [2.45, 2.75) is 48.5 Å². The molecule has 0 unspecified atom stereocenters. The Hall–Kier alpha value is -0.630. The highest BCUT2D eigenvalue weighted by molar-refractivity contribution is 7.11. The second-order valence-electron chi connectivity index (χ2n) is 2.17. The van der Waals surface area contributed by atoms with Gasteiger partial charge in [0.2, 0.25) is 0 Å². The molecular weight excluding hydrogens is 190 g/mol. The molecule has 0 aliphatic carbocycles. The third-order valence-corrected chi connectivity index (χ3v) is 2.17. The molecule has 0 saturated carbocycles. The van der Waals surface area contributed by atoms with Gasteiger partial charge in [-0.3, -0.25) is 0 Å². The second kappa shape index (κ2) is 10.5. The molecule has 2 heteroatoms. The van der Waals surface area contributed by atoms with Crippen molar-refractivity contribution in [3.8, 4) is 0 Å². The Morgan fingerprint density at radius 3 is 1.86 bits per heavy atom. The van der Waals surface area contributed by atoms with E-state index in [0.29, 0.717) is 0 Å². The molecule has 0 spiro atoms. The molecule has 0 fully saturated rings. The number of aryl methyl sites for hydroxylation is 2. The summed E-state index contributed by atoms with van der Waals surface area (Å²) in [5, 5.41) is 1.14. The summed E-state index contributed by atoms with van der Waals surface area (Å²) in [6.45, 7) is 14.1. The van der Waals surface area contributed by atoms with Crippen LogP contribution in [0.4, 0.5) is 0 Å². The van der Waals surface area contributed by atoms with E-state index in [4.69, 9.17) is 0 Å². The minimum Gasteiger partial charge on any atom is -0.242 e. The molecule has 0 N–H and O–H groups in total. The van der Waals surface area contributed by atoms with Gasteiger partial charge in [-0.1, -0.05) is 33.8 Å². The normalized spacial score (nSPS) is 8.79. The first-order chi connectivity index (χ1) is 6.74. The number of aromatic nitrogens is 1. The van der Waals surface area contributed by atoms with E-state index in [2.05, 4.69) is 11.9 Å². The number of hydrogen-bond donors (Lipinski definition) is 0. The van der Waals surface area contributed by atoms with E-state index >= 15 is 0 Å². The fourth-order valence-corrected chi connectivity index (χ4v) is 1.66. The molecule has 0 aliphatic rings. The van der Waals surface area contributed by atoms with Gasteiger partial charge in [0.15, 0.2) is 0 Å². The van der Waals surface area contributed by atoms with Gasteiger partial charge < -0.3 is 0 Å². The van der Waals surface area contributed by atoms with Crippen molar-refractivity contribution in [2.75, 3.05) is 0 Å². The van der Waals surface area contributed by atoms with E-state index in [9.17, 15) is 0 Å². The quantitative estimate of drug-likeness (QED) is 0.650. The first kappa shape index (κ1) is 15.8. The lowest BCUT2D eigenvalue weighted by Gasteiger charge is -1.82. The summed E-state index contributed by atoms with van der Waals surface area (Å²) in [4.78, 5) is 5.63. The van der Waals surface area contributed by atoms with Crippen LogP contribution in [0.5, 0.6) is 0 Å². The summed E-state index contributed by atoms with van der Waals surface area (Å²) in [5.74, 6) is 0. The van der Waals surface area contributed by atoms with E-state index in [1.165, 1.54) is 4.88 Å². The molecule has 1 nitrogen and oxygen atoms in total. The third-order valence-electron chi connectivity index (χ3n) is 1.26. The highest BCUT2D eigenvalue weighted by atomic mass is 32.1. The minimum absolute atomic E-state index is 1.12. The third kappa shape index (κ3) is 5.92. The van der Waals surface area contributed by atoms with Crippen LogP contribution in [0.3, 0.4) is 0 Å². The van der Waals surface area contributed by atoms with Gasteiger partial charge in [0.05, 0.1) is 10.7 Å². The molecule has 0 bridgehead atoms. The van der Waals surface area contributed by atoms with Crippen molar-refractivity contribution >= 4 is 17.4 Å². The lowest BCUT2D eigenvalue weighted by molar-refractivity contribution is 1.26. The van der Waals surface area contributed by atoms with Crippen molar-refractivity contribution in [1.82, 2.24) is 4.98 Å². The van der Waals surface area contributed by atoms with Crippen LogP contribution in [0.1, 0.15) is 50.2 Å². The van der Waals surface area contributed by atoms with Crippen molar-refractivity contribution in [2.24, 2.45) is 0 Å². The molecule has 0 amide bonds. The van der Waals surface area contributed by atoms with Crippen LogP contribution in [0.2, 0.25) is 0 Å². The zero-order chi connectivity index (χ0) is 11.6. The van der Waals surface area contributed by atoms with Gasteiger partial charge in [0.25, 0.3) is 0 Å². The molecule has 1 rings (SSSR count). The Bertz CT molecular complexity index is 249. The zero-order valence-corrected chi connectivity index (χ0v) is 11.3. The van der Waals surface area contributed by atoms with Crippen LogP contribution in [0.25, 0.3) is 6.08 Å². The average Bonchev–Trinajstić information content (AvgIpc) is 2.53. The van der Waals surface area contributed by atoms with Gasteiger partial charge in [-0.05, 0) is 26.8 Å². The largest absolute Gasteiger partial charge is 0.242 e. The van der Waals surface area contributed by atoms with Gasteiger partial charge in [0, 0.05) is 4.88 Å². The number of rotatable bonds is 1. The second-order valence-corrected chi connectivity index (χ2v) is 3.58. The number of allylic oxidation sites excluding steroid dienone is 1. The molecular formula is C12H23NS. The maximum absolute atomic E-state index is 4.33. The number of nitrogens with zero attached hydrogens (tertiary/aromatic N) is 1. The Morgan fingerprint density at radius 2 is 1.57 bits per heavy atom. The molecule has 14 heavy (non-hydrogen) atoms. The monoisotopic (exact) mass is 213 g/mol. The van der Waals surface area contributed by atoms with E-state index in [-0.39, 0.29) is 0 Å². The smallest absolute Gasteiger partial charge is 0.0904 e. The first-order valence-corrected chi connectivity index (χ1v) is 6.12. The van der Waals surface area contributed by atoms with Crippen molar-refractivity contribution < 1.29 is 0 Å². The van der Waals surface area contributed by atoms with E-state index in [1.807, 2.05) is 53.7 Å². The van der Waals surface area contributed by atoms with E-state index < -0.39 is 0 Å². The fraction of sp³-hybridized carbons (Fsp3) is 0.583. The van der Waals surface area contributed by atoms with Gasteiger partial charge in [0.1, 0.15) is 0 Å². The Labute approximate surface area is 92.9 Å². The Kier molecular flexibility index (Phi) is 11.8. The highest BCUT2D eigenvalue weighted by Crippen LogP contribution is 2.17. The predicted octanol–water partition coefficient (Wildman–Crippen LogP) is 4.85. The molecule has 0 atom stereocenters. The van der Waals surface area contributed by atoms with Crippen LogP contribution >= 0.6 is 11.3 Å². The van der Waals surface area contributed by atoms with Crippen LogP contribution in [0.15, 0.2) is 6.08 Å². The van der Waals surface area contributed by atoms with Crippen molar-refractivity contribution in [3.63, 3.8) is 0 Å². The molecule has 82 valence electrons. The maximum atomic E-state index is 4.33. The maximum Gasteiger partial charge on any atom is 0.0904 e. The lowest BCUT2D eigenvalue weighted by Crippen LogP contribution is -1.73. The van der Waals surface area contributed by atoms with Gasteiger partial charge in [-0.2, -0.15) is 0 Å². The molecule has 1 heterocycles. The summed E-state index contributed by atoms with van der Waals surface area (Å²) < 4.78 is 0. The van der Waals surface area contributed by atoms with Gasteiger partial charge in [-0.15, -0.1) is 11.3 Å². The summed E-state index contributed by atoms with van der Waals surface area (Å²) in [7, 11) is 0. The number of hydrogen-bond acceptors (Lipinski definition) is 2. The summed E-state index contributed by atoms with van der Waals surface area (Å²) in [6.07, 6.45) is 4.06. The summed E-state index contributed by atoms with van der Waals surface area (Å²) >= 11 is 1.75. The minimum atomic E-state index is 1.12. The van der Waals surface area contributed by atoms with Crippen molar-refractivity contribution in [1.29, 1.82) is 0 Å². The van der Waals surface area contributed by atoms with E-state index in [0.717, 1.165) is 10.7 Å². The van der Waals surface area contributed by atoms with E-state index in [1.54, 1.807) is 11.3 Å². The molecule has 1 aromatic rings. The standard InChI is InChI=1S/C8H11NS.2C2H6/c1-4-5-8-6(2)10-7(3)9-8;2*1-2/h4-5H,1-3H3;2*1-2H3/b5-4-;;. The molecule has 0 aliphatic heterocycles. The SMILES string of the molecule is C/C=C\c1nc(C)sc1C.CC.CC. The highest BCUT2D eigenvalue weighted by Gasteiger charge is 1.98. The Balaban J connectivity index is 0. The summed E-state index contributed by atoms with van der Waals surface area (Å²) in [5.41, 5.74) is 1.12. The van der Waals surface area contributed by atoms with Gasteiger partial charge in [-0.25, -0.2) is 4.98 Å². The number of thiazole rings is 1. The van der Waals surface area contributed by atoms with Crippen LogP contribution < -0.4 is 0 Å². The first-order valence-electron chi connectivity index (χ1n) is 5.30. The molecule has 1 aromatic heterocycles. The fourth-order valence-electron chi connectivity index (χ4n) is 0.858. The average molecular weight is 213 g/mol. The van der Waals surface area contributed by atoms with Crippen molar-refractivity contribution in [3.05, 3.63) is 21.7 Å². The predicted molar refractivity (Wildman–Crippen MR) is 69.0 cm³/mol. The Morgan fingerprint density at radius 1 is 1.07 bits per heavy atom. The van der Waals surface area contributed by atoms with Crippen LogP contribution in [0, 0.1) is 13.8 Å². The zero-order valence-electron chi connectivity index (χ0n) is 10.5. The lowest BCUT2D eigenvalue weighted by atomic mass is 10.3. The van der Waals surface area contributed by atoms with Gasteiger partial charge >= 0.3 is 0 Å². The van der Waals surface area contributed by atoms with Crippen LogP contribution in [-0.2, 0) is 0 Å².